The highest BCUT2D eigenvalue weighted by atomic mass is 16.4. The number of nitrogens with one attached hydrogen (secondary N) is 1. The standard InChI is InChI=1S/C10H18N2O4/c1-3-4-7(11)9(15)12-6-10(2,16)5-8(13)14/h3,7,16H,1,4-6,11H2,2H3,(H,12,15)(H,13,14). The molecule has 6 nitrogen and oxygen atoms in total. The number of hydrogen-bond acceptors (Lipinski definition) is 4. The zero-order chi connectivity index (χ0) is 12.8. The van der Waals surface area contributed by atoms with Gasteiger partial charge in [-0.2, -0.15) is 0 Å². The molecule has 0 aromatic heterocycles. The van der Waals surface area contributed by atoms with Gasteiger partial charge in [0.2, 0.25) is 5.91 Å². The van der Waals surface area contributed by atoms with E-state index in [1.807, 2.05) is 0 Å². The molecule has 5 N–H and O–H groups in total. The number of aliphatic carboxylic acids is 1. The van der Waals surface area contributed by atoms with E-state index in [0.29, 0.717) is 6.42 Å². The lowest BCUT2D eigenvalue weighted by molar-refractivity contribution is -0.142. The lowest BCUT2D eigenvalue weighted by Crippen LogP contribution is -2.47. The van der Waals surface area contributed by atoms with Gasteiger partial charge >= 0.3 is 5.97 Å². The Balaban J connectivity index is 4.08. The van der Waals surface area contributed by atoms with Gasteiger partial charge in [-0.3, -0.25) is 9.59 Å². The molecule has 2 unspecified atom stereocenters. The number of amides is 1. The maximum Gasteiger partial charge on any atom is 0.306 e. The van der Waals surface area contributed by atoms with Gasteiger partial charge in [0, 0.05) is 6.54 Å². The fraction of sp³-hybridized carbons (Fsp3) is 0.600. The van der Waals surface area contributed by atoms with Crippen molar-refractivity contribution in [2.75, 3.05) is 6.54 Å². The number of hydrogen-bond donors (Lipinski definition) is 4. The molecule has 2 atom stereocenters. The molecule has 1 amide bonds. The van der Waals surface area contributed by atoms with Gasteiger partial charge in [-0.1, -0.05) is 6.08 Å². The molecule has 6 heteroatoms. The molecule has 0 aliphatic carbocycles. The van der Waals surface area contributed by atoms with Crippen LogP contribution in [0.5, 0.6) is 0 Å². The van der Waals surface area contributed by atoms with Gasteiger partial charge in [-0.25, -0.2) is 0 Å². The summed E-state index contributed by atoms with van der Waals surface area (Å²) in [4.78, 5) is 21.7. The zero-order valence-electron chi connectivity index (χ0n) is 9.27. The molecule has 0 radical (unpaired) electrons. The highest BCUT2D eigenvalue weighted by Gasteiger charge is 2.25. The molecule has 16 heavy (non-hydrogen) atoms. The molecule has 0 saturated carbocycles. The summed E-state index contributed by atoms with van der Waals surface area (Å²) in [5, 5.41) is 20.5. The number of carbonyl (C=O) groups excluding carboxylic acids is 1. The summed E-state index contributed by atoms with van der Waals surface area (Å²) in [6.45, 7) is 4.63. The zero-order valence-corrected chi connectivity index (χ0v) is 9.27. The van der Waals surface area contributed by atoms with Crippen LogP contribution in [0.4, 0.5) is 0 Å². The van der Waals surface area contributed by atoms with E-state index < -0.39 is 29.9 Å². The van der Waals surface area contributed by atoms with Crippen molar-refractivity contribution in [2.45, 2.75) is 31.4 Å². The van der Waals surface area contributed by atoms with E-state index in [4.69, 9.17) is 10.8 Å². The Morgan fingerprint density at radius 2 is 2.19 bits per heavy atom. The van der Waals surface area contributed by atoms with Crippen LogP contribution in [0, 0.1) is 0 Å². The average molecular weight is 230 g/mol. The second-order valence-electron chi connectivity index (χ2n) is 3.92. The van der Waals surface area contributed by atoms with Gasteiger partial charge < -0.3 is 21.3 Å². The summed E-state index contributed by atoms with van der Waals surface area (Å²) in [6, 6.07) is -0.724. The largest absolute Gasteiger partial charge is 0.481 e. The Hall–Kier alpha value is -1.40. The molecule has 0 bridgehead atoms. The van der Waals surface area contributed by atoms with Gasteiger partial charge in [-0.05, 0) is 13.3 Å². The van der Waals surface area contributed by atoms with Crippen molar-refractivity contribution < 1.29 is 19.8 Å². The molecule has 0 aliphatic rings. The Kier molecular flexibility index (Phi) is 5.69. The van der Waals surface area contributed by atoms with E-state index in [-0.39, 0.29) is 6.54 Å². The summed E-state index contributed by atoms with van der Waals surface area (Å²) in [7, 11) is 0. The Labute approximate surface area is 94.1 Å². The van der Waals surface area contributed by atoms with Crippen LogP contribution in [0.3, 0.4) is 0 Å². The number of aliphatic hydroxyl groups is 1. The van der Waals surface area contributed by atoms with Crippen LogP contribution >= 0.6 is 0 Å². The number of rotatable bonds is 7. The SMILES string of the molecule is C=CCC(N)C(=O)NCC(C)(O)CC(=O)O. The van der Waals surface area contributed by atoms with Gasteiger partial charge in [0.25, 0.3) is 0 Å². The molecule has 0 saturated heterocycles. The minimum absolute atomic E-state index is 0.150. The predicted molar refractivity (Wildman–Crippen MR) is 58.7 cm³/mol. The normalized spacial score (nSPS) is 15.9. The monoisotopic (exact) mass is 230 g/mol. The van der Waals surface area contributed by atoms with Crippen molar-refractivity contribution >= 4 is 11.9 Å². The molecule has 0 aromatic carbocycles. The summed E-state index contributed by atoms with van der Waals surface area (Å²) in [5.41, 5.74) is 4.00. The molecular weight excluding hydrogens is 212 g/mol. The van der Waals surface area contributed by atoms with Crippen molar-refractivity contribution in [2.24, 2.45) is 5.73 Å². The molecule has 92 valence electrons. The first-order valence-corrected chi connectivity index (χ1v) is 4.87. The molecular formula is C10H18N2O4. The maximum absolute atomic E-state index is 11.3. The van der Waals surface area contributed by atoms with E-state index in [1.165, 1.54) is 13.0 Å². The second kappa shape index (κ2) is 6.24. The molecule has 0 spiro atoms. The van der Waals surface area contributed by atoms with Crippen molar-refractivity contribution in [3.63, 3.8) is 0 Å². The second-order valence-corrected chi connectivity index (χ2v) is 3.92. The Bertz CT molecular complexity index is 276. The van der Waals surface area contributed by atoms with Crippen LogP contribution in [0.2, 0.25) is 0 Å². The minimum Gasteiger partial charge on any atom is -0.481 e. The number of nitrogens with two attached hydrogens (primary N) is 1. The van der Waals surface area contributed by atoms with Crippen LogP contribution in [0.1, 0.15) is 19.8 Å². The van der Waals surface area contributed by atoms with Crippen molar-refractivity contribution in [3.8, 4) is 0 Å². The quantitative estimate of drug-likeness (QED) is 0.429. The van der Waals surface area contributed by atoms with Gasteiger partial charge in [0.05, 0.1) is 18.1 Å². The average Bonchev–Trinajstić information content (AvgIpc) is 2.12. The lowest BCUT2D eigenvalue weighted by atomic mass is 10.0. The lowest BCUT2D eigenvalue weighted by Gasteiger charge is -2.22. The third kappa shape index (κ3) is 6.15. The van der Waals surface area contributed by atoms with Crippen molar-refractivity contribution in [1.29, 1.82) is 0 Å². The first-order chi connectivity index (χ1) is 7.28. The predicted octanol–water partition coefficient (Wildman–Crippen LogP) is -0.768. The van der Waals surface area contributed by atoms with Crippen molar-refractivity contribution in [3.05, 3.63) is 12.7 Å². The Morgan fingerprint density at radius 1 is 1.62 bits per heavy atom. The van der Waals surface area contributed by atoms with E-state index in [0.717, 1.165) is 0 Å². The van der Waals surface area contributed by atoms with Gasteiger partial charge in [0.1, 0.15) is 0 Å². The first-order valence-electron chi connectivity index (χ1n) is 4.87. The van der Waals surface area contributed by atoms with Crippen LogP contribution in [-0.4, -0.2) is 40.3 Å². The first kappa shape index (κ1) is 14.6. The molecule has 0 fully saturated rings. The van der Waals surface area contributed by atoms with E-state index >= 15 is 0 Å². The smallest absolute Gasteiger partial charge is 0.306 e. The van der Waals surface area contributed by atoms with E-state index in [9.17, 15) is 14.7 Å². The van der Waals surface area contributed by atoms with Crippen LogP contribution < -0.4 is 11.1 Å². The topological polar surface area (TPSA) is 113 Å². The third-order valence-electron chi connectivity index (χ3n) is 1.93. The summed E-state index contributed by atoms with van der Waals surface area (Å²) in [6.07, 6.45) is 1.40. The fourth-order valence-electron chi connectivity index (χ4n) is 1.08. The van der Waals surface area contributed by atoms with Gasteiger partial charge in [0.15, 0.2) is 0 Å². The van der Waals surface area contributed by atoms with E-state index in [2.05, 4.69) is 11.9 Å². The molecule has 0 heterocycles. The van der Waals surface area contributed by atoms with E-state index in [1.54, 1.807) is 0 Å². The molecule has 0 rings (SSSR count). The third-order valence-corrected chi connectivity index (χ3v) is 1.93. The Morgan fingerprint density at radius 3 is 2.62 bits per heavy atom. The molecule has 0 aliphatic heterocycles. The fourth-order valence-corrected chi connectivity index (χ4v) is 1.08. The molecule has 0 aromatic rings. The summed E-state index contributed by atoms with van der Waals surface area (Å²) in [5.74, 6) is -1.57. The van der Waals surface area contributed by atoms with Gasteiger partial charge in [-0.15, -0.1) is 6.58 Å². The summed E-state index contributed by atoms with van der Waals surface area (Å²) < 4.78 is 0. The van der Waals surface area contributed by atoms with Crippen LogP contribution in [-0.2, 0) is 9.59 Å². The number of carboxylic acid groups (broad SMARTS) is 1. The van der Waals surface area contributed by atoms with Crippen LogP contribution in [0.25, 0.3) is 0 Å². The highest BCUT2D eigenvalue weighted by Crippen LogP contribution is 2.07. The number of carbonyl (C=O) groups is 2. The van der Waals surface area contributed by atoms with Crippen LogP contribution in [0.15, 0.2) is 12.7 Å². The number of carboxylic acids is 1. The summed E-state index contributed by atoms with van der Waals surface area (Å²) >= 11 is 0. The maximum atomic E-state index is 11.3. The van der Waals surface area contributed by atoms with Crippen molar-refractivity contribution in [1.82, 2.24) is 5.32 Å². The minimum atomic E-state index is -1.48. The highest BCUT2D eigenvalue weighted by molar-refractivity contribution is 5.81.